The summed E-state index contributed by atoms with van der Waals surface area (Å²) in [5, 5.41) is 5.54. The maximum atomic E-state index is 13.4. The molecule has 1 heterocycles. The van der Waals surface area contributed by atoms with Gasteiger partial charge in [-0.05, 0) is 42.0 Å². The molecule has 0 fully saturated rings. The van der Waals surface area contributed by atoms with Crippen LogP contribution in [0.5, 0.6) is 0 Å². The van der Waals surface area contributed by atoms with Crippen molar-refractivity contribution in [2.75, 3.05) is 12.9 Å². The van der Waals surface area contributed by atoms with E-state index in [2.05, 4.69) is 15.4 Å². The summed E-state index contributed by atoms with van der Waals surface area (Å²) in [4.78, 5) is 50.8. The van der Waals surface area contributed by atoms with Gasteiger partial charge < -0.3 is 24.5 Å². The Morgan fingerprint density at radius 1 is 0.854 bits per heavy atom. The number of hydrogen-bond acceptors (Lipinski definition) is 8. The van der Waals surface area contributed by atoms with Crippen LogP contribution in [0, 0.1) is 5.92 Å². The largest absolute Gasteiger partial charge is 0.463 e. The van der Waals surface area contributed by atoms with Gasteiger partial charge in [0.05, 0.1) is 24.7 Å². The number of nitrogens with one attached hydrogen (secondary N) is 2. The molecular weight excluding hydrogens is 544 g/mol. The van der Waals surface area contributed by atoms with Gasteiger partial charge in [-0.25, -0.2) is 9.59 Å². The Bertz CT molecular complexity index is 1280. The Balaban J connectivity index is 1.63. The second-order valence-electron chi connectivity index (χ2n) is 9.86. The summed E-state index contributed by atoms with van der Waals surface area (Å²) in [6.07, 6.45) is -0.0405. The lowest BCUT2D eigenvalue weighted by Crippen LogP contribution is -2.53. The Morgan fingerprint density at radius 3 is 2.15 bits per heavy atom. The first kappa shape index (κ1) is 31.5. The zero-order chi connectivity index (χ0) is 29.6. The molecule has 0 radical (unpaired) electrons. The molecule has 218 valence electrons. The lowest BCUT2D eigenvalue weighted by molar-refractivity contribution is -0.128. The molecule has 2 N–H and O–H groups in total. The normalized spacial score (nSPS) is 12.3. The molecule has 41 heavy (non-hydrogen) atoms. The van der Waals surface area contributed by atoms with E-state index in [1.54, 1.807) is 6.07 Å². The molecule has 9 nitrogen and oxygen atoms in total. The molecule has 2 amide bonds. The van der Waals surface area contributed by atoms with Crippen LogP contribution in [0.3, 0.4) is 0 Å². The lowest BCUT2D eigenvalue weighted by atomic mass is 10.00. The molecule has 0 spiro atoms. The van der Waals surface area contributed by atoms with E-state index in [4.69, 9.17) is 9.15 Å². The molecule has 2 unspecified atom stereocenters. The van der Waals surface area contributed by atoms with E-state index in [1.165, 1.54) is 24.9 Å². The van der Waals surface area contributed by atoms with Crippen LogP contribution in [0.2, 0.25) is 0 Å². The number of carbonyl (C=O) groups is 4. The molecule has 3 aromatic rings. The van der Waals surface area contributed by atoms with Gasteiger partial charge in [0.25, 0.3) is 0 Å². The second kappa shape index (κ2) is 16.3. The smallest absolute Gasteiger partial charge is 0.408 e. The monoisotopic (exact) mass is 580 g/mol. The number of amides is 2. The molecule has 3 rings (SSSR count). The van der Waals surface area contributed by atoms with E-state index >= 15 is 0 Å². The number of rotatable bonds is 15. The summed E-state index contributed by atoms with van der Waals surface area (Å²) in [7, 11) is 1.27. The SMILES string of the molecule is COC(=O)c1ccc(CSCC(=O)C(Cc2ccccc2)NC(=O)C(CC(C)C)NC(=O)OCc2ccccc2)o1. The number of thioether (sulfide) groups is 1. The van der Waals surface area contributed by atoms with Crippen LogP contribution in [-0.4, -0.2) is 48.7 Å². The maximum Gasteiger partial charge on any atom is 0.408 e. The number of esters is 1. The van der Waals surface area contributed by atoms with Gasteiger partial charge in [0.15, 0.2) is 5.78 Å². The molecule has 10 heteroatoms. The van der Waals surface area contributed by atoms with Crippen molar-refractivity contribution < 1.29 is 33.1 Å². The van der Waals surface area contributed by atoms with Crippen molar-refractivity contribution in [2.24, 2.45) is 5.92 Å². The van der Waals surface area contributed by atoms with Crippen molar-refractivity contribution >= 4 is 35.5 Å². The quantitative estimate of drug-likeness (QED) is 0.242. The third kappa shape index (κ3) is 10.8. The molecule has 0 aliphatic rings. The van der Waals surface area contributed by atoms with Gasteiger partial charge >= 0.3 is 12.1 Å². The molecule has 2 aromatic carbocycles. The van der Waals surface area contributed by atoms with Crippen LogP contribution in [0.25, 0.3) is 0 Å². The fraction of sp³-hybridized carbons (Fsp3) is 0.355. The van der Waals surface area contributed by atoms with Crippen molar-refractivity contribution in [1.29, 1.82) is 0 Å². The van der Waals surface area contributed by atoms with Gasteiger partial charge in [-0.1, -0.05) is 74.5 Å². The van der Waals surface area contributed by atoms with Crippen molar-refractivity contribution in [3.05, 3.63) is 95.4 Å². The average Bonchev–Trinajstić information content (AvgIpc) is 3.44. The fourth-order valence-electron chi connectivity index (χ4n) is 4.00. The number of methoxy groups -OCH3 is 1. The van der Waals surface area contributed by atoms with Crippen molar-refractivity contribution in [2.45, 2.75) is 51.1 Å². The highest BCUT2D eigenvalue weighted by Gasteiger charge is 2.28. The predicted molar refractivity (Wildman–Crippen MR) is 156 cm³/mol. The van der Waals surface area contributed by atoms with E-state index in [-0.39, 0.29) is 29.8 Å². The second-order valence-corrected chi connectivity index (χ2v) is 10.8. The number of alkyl carbamates (subject to hydrolysis) is 1. The minimum absolute atomic E-state index is 0.0752. The van der Waals surface area contributed by atoms with Crippen LogP contribution in [-0.2, 0) is 37.8 Å². The molecular formula is C31H36N2O7S. The zero-order valence-corrected chi connectivity index (χ0v) is 24.3. The standard InChI is InChI=1S/C31H36N2O7S/c1-21(2)16-26(33-31(37)39-18-23-12-8-5-9-13-23)29(35)32-25(17-22-10-6-4-7-11-22)27(34)20-41-19-24-14-15-28(40-24)30(36)38-3/h4-15,21,25-26H,16-20H2,1-3H3,(H,32,35)(H,33,37). The third-order valence-corrected chi connectivity index (χ3v) is 7.03. The summed E-state index contributed by atoms with van der Waals surface area (Å²) < 4.78 is 15.4. The van der Waals surface area contributed by atoms with Crippen LogP contribution in [0.4, 0.5) is 4.79 Å². The number of ketones is 1. The van der Waals surface area contributed by atoms with Gasteiger partial charge in [0.1, 0.15) is 18.4 Å². The van der Waals surface area contributed by atoms with Crippen LogP contribution in [0.15, 0.2) is 77.2 Å². The minimum atomic E-state index is -0.878. The summed E-state index contributed by atoms with van der Waals surface area (Å²) >= 11 is 1.31. The Kier molecular flexibility index (Phi) is 12.5. The number of hydrogen-bond donors (Lipinski definition) is 2. The first-order chi connectivity index (χ1) is 19.7. The number of ether oxygens (including phenoxy) is 2. The van der Waals surface area contributed by atoms with E-state index in [0.717, 1.165) is 11.1 Å². The van der Waals surface area contributed by atoms with Crippen LogP contribution in [0.1, 0.15) is 47.7 Å². The van der Waals surface area contributed by atoms with Gasteiger partial charge in [-0.3, -0.25) is 9.59 Å². The van der Waals surface area contributed by atoms with E-state index in [0.29, 0.717) is 24.4 Å². The molecule has 0 saturated heterocycles. The van der Waals surface area contributed by atoms with Gasteiger partial charge in [-0.15, -0.1) is 11.8 Å². The number of furan rings is 1. The van der Waals surface area contributed by atoms with Crippen LogP contribution >= 0.6 is 11.8 Å². The number of Topliss-reactive ketones (excluding diaryl/α,β-unsaturated/α-hetero) is 1. The first-order valence-corrected chi connectivity index (χ1v) is 14.5. The highest BCUT2D eigenvalue weighted by Crippen LogP contribution is 2.18. The van der Waals surface area contributed by atoms with Crippen molar-refractivity contribution in [3.8, 4) is 0 Å². The summed E-state index contributed by atoms with van der Waals surface area (Å²) in [6, 6.07) is 20.1. The first-order valence-electron chi connectivity index (χ1n) is 13.3. The van der Waals surface area contributed by atoms with E-state index < -0.39 is 30.1 Å². The molecule has 0 bridgehead atoms. The topological polar surface area (TPSA) is 124 Å². The van der Waals surface area contributed by atoms with E-state index in [1.807, 2.05) is 74.5 Å². The van der Waals surface area contributed by atoms with Gasteiger partial charge in [-0.2, -0.15) is 0 Å². The van der Waals surface area contributed by atoms with Gasteiger partial charge in [0, 0.05) is 0 Å². The highest BCUT2D eigenvalue weighted by atomic mass is 32.2. The third-order valence-electron chi connectivity index (χ3n) is 6.05. The fourth-order valence-corrected chi connectivity index (χ4v) is 4.86. The summed E-state index contributed by atoms with van der Waals surface area (Å²) in [6.45, 7) is 3.97. The summed E-state index contributed by atoms with van der Waals surface area (Å²) in [5.74, 6) is -0.0203. The lowest BCUT2D eigenvalue weighted by Gasteiger charge is -2.24. The Morgan fingerprint density at radius 2 is 1.51 bits per heavy atom. The zero-order valence-electron chi connectivity index (χ0n) is 23.5. The Hall–Kier alpha value is -4.05. The molecule has 1 aromatic heterocycles. The highest BCUT2D eigenvalue weighted by molar-refractivity contribution is 7.99. The number of carbonyl (C=O) groups excluding carboxylic acids is 4. The molecule has 2 atom stereocenters. The Labute approximate surface area is 244 Å². The molecule has 0 aliphatic heterocycles. The average molecular weight is 581 g/mol. The predicted octanol–water partition coefficient (Wildman–Crippen LogP) is 4.94. The number of benzene rings is 2. The maximum absolute atomic E-state index is 13.4. The minimum Gasteiger partial charge on any atom is -0.463 e. The summed E-state index contributed by atoms with van der Waals surface area (Å²) in [5.41, 5.74) is 1.72. The van der Waals surface area contributed by atoms with Gasteiger partial charge in [0.2, 0.25) is 11.7 Å². The van der Waals surface area contributed by atoms with Crippen LogP contribution < -0.4 is 10.6 Å². The van der Waals surface area contributed by atoms with E-state index in [9.17, 15) is 19.2 Å². The van der Waals surface area contributed by atoms with Crippen molar-refractivity contribution in [1.82, 2.24) is 10.6 Å². The van der Waals surface area contributed by atoms with Crippen molar-refractivity contribution in [3.63, 3.8) is 0 Å². The molecule has 0 aliphatic carbocycles. The molecule has 0 saturated carbocycles.